The maximum Gasteiger partial charge on any atom is 0.243 e. The summed E-state index contributed by atoms with van der Waals surface area (Å²) >= 11 is 1.65. The molecule has 1 N–H and O–H groups in total. The SMILES string of the molecule is CCc1ccc(CNC)cc1S(=O)(=O)N(C)CCSC. The molecule has 1 aromatic rings. The number of sulfonamides is 1. The molecule has 0 spiro atoms. The maximum absolute atomic E-state index is 12.7. The van der Waals surface area contributed by atoms with Crippen molar-refractivity contribution in [3.05, 3.63) is 29.3 Å². The standard InChI is InChI=1S/C14H24N2O2S2/c1-5-13-7-6-12(11-15-2)10-14(13)20(17,18)16(3)8-9-19-4/h6-7,10,15H,5,8-9,11H2,1-4H3. The van der Waals surface area contributed by atoms with Gasteiger partial charge in [-0.15, -0.1) is 0 Å². The summed E-state index contributed by atoms with van der Waals surface area (Å²) in [6, 6.07) is 5.69. The average Bonchev–Trinajstić information content (AvgIpc) is 2.44. The van der Waals surface area contributed by atoms with Gasteiger partial charge in [0.15, 0.2) is 0 Å². The first kappa shape index (κ1) is 17.5. The number of nitrogens with one attached hydrogen (secondary N) is 1. The van der Waals surface area contributed by atoms with Crippen molar-refractivity contribution in [1.29, 1.82) is 0 Å². The van der Waals surface area contributed by atoms with Crippen LogP contribution in [0.25, 0.3) is 0 Å². The molecular formula is C14H24N2O2S2. The molecule has 0 aliphatic rings. The van der Waals surface area contributed by atoms with E-state index in [1.165, 1.54) is 4.31 Å². The molecule has 4 nitrogen and oxygen atoms in total. The molecule has 114 valence electrons. The summed E-state index contributed by atoms with van der Waals surface area (Å²) in [5.74, 6) is 0.799. The van der Waals surface area contributed by atoms with Crippen LogP contribution in [-0.4, -0.2) is 45.4 Å². The monoisotopic (exact) mass is 316 g/mol. The molecule has 20 heavy (non-hydrogen) atoms. The summed E-state index contributed by atoms with van der Waals surface area (Å²) < 4.78 is 26.8. The van der Waals surface area contributed by atoms with Gasteiger partial charge in [0.05, 0.1) is 4.90 Å². The number of thioether (sulfide) groups is 1. The van der Waals surface area contributed by atoms with Crippen LogP contribution in [0.3, 0.4) is 0 Å². The molecule has 0 aromatic heterocycles. The van der Waals surface area contributed by atoms with Gasteiger partial charge in [-0.3, -0.25) is 0 Å². The summed E-state index contributed by atoms with van der Waals surface area (Å²) in [5, 5.41) is 3.05. The number of rotatable bonds is 8. The molecule has 0 amide bonds. The highest BCUT2D eigenvalue weighted by Gasteiger charge is 2.23. The van der Waals surface area contributed by atoms with Gasteiger partial charge in [0, 0.05) is 25.9 Å². The Morgan fingerprint density at radius 3 is 2.60 bits per heavy atom. The number of hydrogen-bond acceptors (Lipinski definition) is 4. The Morgan fingerprint density at radius 2 is 2.05 bits per heavy atom. The average molecular weight is 316 g/mol. The first-order valence-electron chi connectivity index (χ1n) is 6.69. The van der Waals surface area contributed by atoms with E-state index in [4.69, 9.17) is 0 Å². The van der Waals surface area contributed by atoms with E-state index in [2.05, 4.69) is 5.32 Å². The Balaban J connectivity index is 3.17. The summed E-state index contributed by atoms with van der Waals surface area (Å²) in [7, 11) is 0.0996. The molecule has 0 saturated carbocycles. The molecule has 0 saturated heterocycles. The van der Waals surface area contributed by atoms with E-state index in [0.717, 1.165) is 16.9 Å². The highest BCUT2D eigenvalue weighted by Crippen LogP contribution is 2.22. The zero-order valence-electron chi connectivity index (χ0n) is 12.6. The van der Waals surface area contributed by atoms with Crippen molar-refractivity contribution in [2.24, 2.45) is 0 Å². The minimum Gasteiger partial charge on any atom is -0.316 e. The number of aryl methyl sites for hydroxylation is 1. The highest BCUT2D eigenvalue weighted by atomic mass is 32.2. The van der Waals surface area contributed by atoms with E-state index < -0.39 is 10.0 Å². The lowest BCUT2D eigenvalue weighted by Crippen LogP contribution is -2.30. The lowest BCUT2D eigenvalue weighted by atomic mass is 10.1. The third kappa shape index (κ3) is 4.22. The van der Waals surface area contributed by atoms with Crippen LogP contribution in [0.2, 0.25) is 0 Å². The lowest BCUT2D eigenvalue weighted by molar-refractivity contribution is 0.487. The number of benzene rings is 1. The van der Waals surface area contributed by atoms with Crippen molar-refractivity contribution in [2.75, 3.05) is 32.6 Å². The van der Waals surface area contributed by atoms with Crippen molar-refractivity contribution >= 4 is 21.8 Å². The quantitative estimate of drug-likeness (QED) is 0.796. The Bertz CT molecular complexity index is 530. The van der Waals surface area contributed by atoms with Gasteiger partial charge in [-0.25, -0.2) is 12.7 Å². The second kappa shape index (κ2) is 8.02. The Labute approximate surface area is 127 Å². The molecule has 1 aromatic carbocycles. The van der Waals surface area contributed by atoms with Crippen LogP contribution >= 0.6 is 11.8 Å². The molecule has 1 rings (SSSR count). The fraction of sp³-hybridized carbons (Fsp3) is 0.571. The van der Waals surface area contributed by atoms with Crippen LogP contribution in [0.5, 0.6) is 0 Å². The molecule has 0 aliphatic carbocycles. The molecule has 0 bridgehead atoms. The molecular weight excluding hydrogens is 292 g/mol. The highest BCUT2D eigenvalue weighted by molar-refractivity contribution is 7.98. The van der Waals surface area contributed by atoms with Crippen molar-refractivity contribution < 1.29 is 8.42 Å². The number of hydrogen-bond donors (Lipinski definition) is 1. The predicted octanol–water partition coefficient (Wildman–Crippen LogP) is 1.95. The predicted molar refractivity (Wildman–Crippen MR) is 86.8 cm³/mol. The van der Waals surface area contributed by atoms with Crippen LogP contribution in [-0.2, 0) is 23.0 Å². The van der Waals surface area contributed by atoms with Gasteiger partial charge in [0.2, 0.25) is 10.0 Å². The third-order valence-electron chi connectivity index (χ3n) is 3.19. The van der Waals surface area contributed by atoms with Crippen molar-refractivity contribution in [3.8, 4) is 0 Å². The third-order valence-corrected chi connectivity index (χ3v) is 5.72. The van der Waals surface area contributed by atoms with E-state index in [-0.39, 0.29) is 0 Å². The zero-order valence-corrected chi connectivity index (χ0v) is 14.3. The van der Waals surface area contributed by atoms with Crippen LogP contribution in [0.1, 0.15) is 18.1 Å². The first-order valence-corrected chi connectivity index (χ1v) is 9.52. The van der Waals surface area contributed by atoms with Crippen molar-refractivity contribution in [2.45, 2.75) is 24.8 Å². The molecule has 0 heterocycles. The van der Waals surface area contributed by atoms with Gasteiger partial charge in [0.1, 0.15) is 0 Å². The topological polar surface area (TPSA) is 49.4 Å². The van der Waals surface area contributed by atoms with E-state index in [1.807, 2.05) is 32.4 Å². The Morgan fingerprint density at radius 1 is 1.35 bits per heavy atom. The van der Waals surface area contributed by atoms with Gasteiger partial charge < -0.3 is 5.32 Å². The number of nitrogens with zero attached hydrogens (tertiary/aromatic N) is 1. The van der Waals surface area contributed by atoms with Gasteiger partial charge in [0.25, 0.3) is 0 Å². The van der Waals surface area contributed by atoms with Gasteiger partial charge in [-0.05, 0) is 36.9 Å². The largest absolute Gasteiger partial charge is 0.316 e. The van der Waals surface area contributed by atoms with Crippen LogP contribution in [0.4, 0.5) is 0 Å². The lowest BCUT2D eigenvalue weighted by Gasteiger charge is -2.19. The first-order chi connectivity index (χ1) is 9.47. The zero-order chi connectivity index (χ0) is 15.2. The molecule has 0 radical (unpaired) electrons. The molecule has 0 aliphatic heterocycles. The summed E-state index contributed by atoms with van der Waals surface area (Å²) in [4.78, 5) is 0.441. The Hall–Kier alpha value is -0.560. The normalized spacial score (nSPS) is 12.1. The minimum absolute atomic E-state index is 0.441. The molecule has 0 atom stereocenters. The fourth-order valence-electron chi connectivity index (χ4n) is 1.95. The minimum atomic E-state index is -3.40. The van der Waals surface area contributed by atoms with Crippen LogP contribution in [0.15, 0.2) is 23.1 Å². The summed E-state index contributed by atoms with van der Waals surface area (Å²) in [5.41, 5.74) is 1.86. The second-order valence-corrected chi connectivity index (χ2v) is 7.64. The van der Waals surface area contributed by atoms with Crippen LogP contribution in [0, 0.1) is 0 Å². The van der Waals surface area contributed by atoms with E-state index >= 15 is 0 Å². The maximum atomic E-state index is 12.7. The summed E-state index contributed by atoms with van der Waals surface area (Å²) in [6.45, 7) is 3.18. The Kier molecular flexibility index (Phi) is 7.02. The molecule has 0 fully saturated rings. The fourth-order valence-corrected chi connectivity index (χ4v) is 4.04. The summed E-state index contributed by atoms with van der Waals surface area (Å²) in [6.07, 6.45) is 2.69. The van der Waals surface area contributed by atoms with Crippen molar-refractivity contribution in [1.82, 2.24) is 9.62 Å². The van der Waals surface area contributed by atoms with Crippen molar-refractivity contribution in [3.63, 3.8) is 0 Å². The van der Waals surface area contributed by atoms with E-state index in [1.54, 1.807) is 24.9 Å². The second-order valence-electron chi connectivity index (χ2n) is 4.65. The molecule has 0 unspecified atom stereocenters. The van der Waals surface area contributed by atoms with Gasteiger partial charge in [-0.1, -0.05) is 19.1 Å². The van der Waals surface area contributed by atoms with Gasteiger partial charge >= 0.3 is 0 Å². The smallest absolute Gasteiger partial charge is 0.243 e. The van der Waals surface area contributed by atoms with E-state index in [0.29, 0.717) is 24.4 Å². The molecule has 6 heteroatoms. The van der Waals surface area contributed by atoms with Crippen LogP contribution < -0.4 is 5.32 Å². The van der Waals surface area contributed by atoms with Gasteiger partial charge in [-0.2, -0.15) is 11.8 Å². The van der Waals surface area contributed by atoms with E-state index in [9.17, 15) is 8.42 Å².